The second-order valence-electron chi connectivity index (χ2n) is 13.2. The molecule has 0 aliphatic carbocycles. The number of rotatable bonds is 4. The minimum Gasteiger partial charge on any atom is -0.399 e. The SMILES string of the molecule is CC1(C)OB(c2cccc(-c3nc(-n4c5ccccc5c5ccccc54)nc(-n4c5ccccc5c5ccccc54)n3)c2)OC1(C)C. The Balaban J connectivity index is 1.32. The summed E-state index contributed by atoms with van der Waals surface area (Å²) in [7, 11) is -0.504. The van der Waals surface area contributed by atoms with E-state index in [4.69, 9.17) is 24.3 Å². The van der Waals surface area contributed by atoms with Gasteiger partial charge in [-0.1, -0.05) is 97.1 Å². The molecule has 8 heteroatoms. The van der Waals surface area contributed by atoms with Crippen molar-refractivity contribution in [2.45, 2.75) is 38.9 Å². The van der Waals surface area contributed by atoms with Crippen LogP contribution in [0, 0.1) is 0 Å². The van der Waals surface area contributed by atoms with E-state index >= 15 is 0 Å². The molecule has 0 unspecified atom stereocenters. The molecule has 4 heterocycles. The first-order chi connectivity index (χ1) is 22.8. The third-order valence-electron chi connectivity index (χ3n) is 9.84. The molecule has 0 bridgehead atoms. The molecule has 7 nitrogen and oxygen atoms in total. The molecule has 1 fully saturated rings. The molecule has 3 aromatic heterocycles. The van der Waals surface area contributed by atoms with Crippen LogP contribution in [0.2, 0.25) is 0 Å². The number of para-hydroxylation sites is 4. The van der Waals surface area contributed by atoms with Crippen LogP contribution in [0.5, 0.6) is 0 Å². The lowest BCUT2D eigenvalue weighted by molar-refractivity contribution is 0.00578. The zero-order chi connectivity index (χ0) is 31.9. The Morgan fingerprint density at radius 2 is 0.894 bits per heavy atom. The van der Waals surface area contributed by atoms with Gasteiger partial charge >= 0.3 is 7.12 Å². The molecule has 1 aliphatic rings. The predicted molar refractivity (Wildman–Crippen MR) is 190 cm³/mol. The van der Waals surface area contributed by atoms with Gasteiger partial charge in [-0.3, -0.25) is 9.13 Å². The van der Waals surface area contributed by atoms with Crippen molar-refractivity contribution in [2.75, 3.05) is 0 Å². The molecule has 228 valence electrons. The molecule has 0 N–H and O–H groups in total. The highest BCUT2D eigenvalue weighted by Gasteiger charge is 2.51. The molecule has 47 heavy (non-hydrogen) atoms. The molecule has 9 rings (SSSR count). The standard InChI is InChI=1S/C39H32BN5O2/c1-38(2)39(3,4)47-40(46-38)26-15-13-14-25(24-26)35-41-36(44-31-20-9-5-16-27(31)28-17-6-10-21-32(28)44)43-37(42-35)45-33-22-11-7-18-29(33)30-19-8-12-23-34(30)45/h5-24H,1-4H3. The summed E-state index contributed by atoms with van der Waals surface area (Å²) in [6, 6.07) is 41.8. The van der Waals surface area contributed by atoms with Crippen molar-refractivity contribution < 1.29 is 9.31 Å². The van der Waals surface area contributed by atoms with Crippen LogP contribution in [0.4, 0.5) is 0 Å². The van der Waals surface area contributed by atoms with Gasteiger partial charge in [-0.2, -0.15) is 15.0 Å². The number of hydrogen-bond donors (Lipinski definition) is 0. The monoisotopic (exact) mass is 613 g/mol. The smallest absolute Gasteiger partial charge is 0.399 e. The molecule has 8 aromatic rings. The number of aromatic nitrogens is 5. The van der Waals surface area contributed by atoms with Gasteiger partial charge in [0.15, 0.2) is 5.82 Å². The average Bonchev–Trinajstić information content (AvgIpc) is 3.68. The maximum absolute atomic E-state index is 6.42. The number of hydrogen-bond acceptors (Lipinski definition) is 5. The summed E-state index contributed by atoms with van der Waals surface area (Å²) in [6.07, 6.45) is 0. The van der Waals surface area contributed by atoms with Crippen molar-refractivity contribution in [3.05, 3.63) is 121 Å². The lowest BCUT2D eigenvalue weighted by atomic mass is 9.78. The Kier molecular flexibility index (Phi) is 6.01. The number of benzene rings is 5. The van der Waals surface area contributed by atoms with Crippen LogP contribution < -0.4 is 5.46 Å². The van der Waals surface area contributed by atoms with Gasteiger partial charge in [0.2, 0.25) is 11.9 Å². The highest BCUT2D eigenvalue weighted by Crippen LogP contribution is 2.37. The first kappa shape index (κ1) is 28.0. The van der Waals surface area contributed by atoms with Crippen molar-refractivity contribution in [1.29, 1.82) is 0 Å². The van der Waals surface area contributed by atoms with Crippen LogP contribution in [0.25, 0.3) is 66.9 Å². The quantitative estimate of drug-likeness (QED) is 0.188. The zero-order valence-electron chi connectivity index (χ0n) is 26.7. The van der Waals surface area contributed by atoms with Crippen molar-refractivity contribution in [2.24, 2.45) is 0 Å². The second kappa shape index (κ2) is 10.1. The zero-order valence-corrected chi connectivity index (χ0v) is 26.7. The Morgan fingerprint density at radius 1 is 0.489 bits per heavy atom. The third kappa shape index (κ3) is 4.25. The van der Waals surface area contributed by atoms with Crippen molar-refractivity contribution in [3.63, 3.8) is 0 Å². The maximum atomic E-state index is 6.42. The predicted octanol–water partition coefficient (Wildman–Crippen LogP) is 8.03. The minimum absolute atomic E-state index is 0.450. The molecular formula is C39H32BN5O2. The normalized spacial score (nSPS) is 15.8. The van der Waals surface area contributed by atoms with Gasteiger partial charge in [-0.15, -0.1) is 0 Å². The van der Waals surface area contributed by atoms with Gasteiger partial charge < -0.3 is 9.31 Å². The summed E-state index contributed by atoms with van der Waals surface area (Å²) in [5.41, 5.74) is 5.00. The van der Waals surface area contributed by atoms with E-state index in [2.05, 4.69) is 140 Å². The summed E-state index contributed by atoms with van der Waals surface area (Å²) in [6.45, 7) is 8.27. The van der Waals surface area contributed by atoms with Crippen LogP contribution in [0.1, 0.15) is 27.7 Å². The molecule has 5 aromatic carbocycles. The largest absolute Gasteiger partial charge is 0.494 e. The van der Waals surface area contributed by atoms with Crippen molar-refractivity contribution in [3.8, 4) is 23.3 Å². The molecular weight excluding hydrogens is 581 g/mol. The summed E-state index contributed by atoms with van der Waals surface area (Å²) in [4.78, 5) is 15.6. The fraction of sp³-hybridized carbons (Fsp3) is 0.154. The van der Waals surface area contributed by atoms with E-state index in [1.807, 2.05) is 18.2 Å². The van der Waals surface area contributed by atoms with E-state index in [0.717, 1.165) is 54.6 Å². The van der Waals surface area contributed by atoms with E-state index < -0.39 is 18.3 Å². The topological polar surface area (TPSA) is 67.0 Å². The van der Waals surface area contributed by atoms with E-state index in [9.17, 15) is 0 Å². The molecule has 1 saturated heterocycles. The van der Waals surface area contributed by atoms with E-state index in [1.54, 1.807) is 0 Å². The van der Waals surface area contributed by atoms with Crippen LogP contribution in [0.3, 0.4) is 0 Å². The van der Waals surface area contributed by atoms with E-state index in [0.29, 0.717) is 17.7 Å². The van der Waals surface area contributed by atoms with Crippen molar-refractivity contribution in [1.82, 2.24) is 24.1 Å². The lowest BCUT2D eigenvalue weighted by Gasteiger charge is -2.32. The first-order valence-corrected chi connectivity index (χ1v) is 16.0. The summed E-state index contributed by atoms with van der Waals surface area (Å²) < 4.78 is 17.1. The fourth-order valence-electron chi connectivity index (χ4n) is 6.76. The minimum atomic E-state index is -0.504. The summed E-state index contributed by atoms with van der Waals surface area (Å²) in [5.74, 6) is 1.66. The fourth-order valence-corrected chi connectivity index (χ4v) is 6.76. The maximum Gasteiger partial charge on any atom is 0.494 e. The van der Waals surface area contributed by atoms with Gasteiger partial charge in [-0.25, -0.2) is 0 Å². The molecule has 0 atom stereocenters. The van der Waals surface area contributed by atoms with Gasteiger partial charge in [0.05, 0.1) is 33.3 Å². The number of nitrogens with zero attached hydrogens (tertiary/aromatic N) is 5. The molecule has 0 amide bonds. The van der Waals surface area contributed by atoms with E-state index in [1.165, 1.54) is 0 Å². The van der Waals surface area contributed by atoms with Crippen LogP contribution in [0.15, 0.2) is 121 Å². The van der Waals surface area contributed by atoms with Gasteiger partial charge in [0.25, 0.3) is 0 Å². The summed E-state index contributed by atoms with van der Waals surface area (Å²) >= 11 is 0. The number of fused-ring (bicyclic) bond motifs is 6. The third-order valence-corrected chi connectivity index (χ3v) is 9.84. The molecule has 0 radical (unpaired) electrons. The van der Waals surface area contributed by atoms with Gasteiger partial charge in [-0.05, 0) is 57.4 Å². The molecule has 1 aliphatic heterocycles. The summed E-state index contributed by atoms with van der Waals surface area (Å²) in [5, 5.41) is 4.58. The Bertz CT molecular complexity index is 2260. The van der Waals surface area contributed by atoms with Crippen LogP contribution in [-0.2, 0) is 9.31 Å². The highest BCUT2D eigenvalue weighted by atomic mass is 16.7. The van der Waals surface area contributed by atoms with Gasteiger partial charge in [0, 0.05) is 27.1 Å². The second-order valence-corrected chi connectivity index (χ2v) is 13.2. The highest BCUT2D eigenvalue weighted by molar-refractivity contribution is 6.62. The van der Waals surface area contributed by atoms with Crippen LogP contribution in [-0.4, -0.2) is 42.4 Å². The first-order valence-electron chi connectivity index (χ1n) is 16.0. The molecule has 0 saturated carbocycles. The Morgan fingerprint density at radius 3 is 1.32 bits per heavy atom. The average molecular weight is 614 g/mol. The Hall–Kier alpha value is -5.31. The van der Waals surface area contributed by atoms with Crippen molar-refractivity contribution >= 4 is 56.2 Å². The lowest BCUT2D eigenvalue weighted by Crippen LogP contribution is -2.41. The van der Waals surface area contributed by atoms with Crippen LogP contribution >= 0.6 is 0 Å². The van der Waals surface area contributed by atoms with E-state index in [-0.39, 0.29) is 0 Å². The Labute approximate surface area is 272 Å². The van der Waals surface area contributed by atoms with Gasteiger partial charge in [0.1, 0.15) is 0 Å². The molecule has 0 spiro atoms.